The average Bonchev–Trinajstić information content (AvgIpc) is 2.33. The monoisotopic (exact) mass is 202 g/mol. The lowest BCUT2D eigenvalue weighted by atomic mass is 10.4. The van der Waals surface area contributed by atoms with Gasteiger partial charge in [0.25, 0.3) is 0 Å². The van der Waals surface area contributed by atoms with Gasteiger partial charge in [0.1, 0.15) is 5.15 Å². The topological polar surface area (TPSA) is 43.6 Å². The SMILES string of the molecule is Cn1ncc2c(Cl)nc(Cl)nc21. The minimum absolute atomic E-state index is 0.135. The van der Waals surface area contributed by atoms with Crippen LogP contribution in [0.15, 0.2) is 6.20 Å². The summed E-state index contributed by atoms with van der Waals surface area (Å²) in [6.07, 6.45) is 1.61. The maximum absolute atomic E-state index is 5.79. The molecule has 0 atom stereocenters. The van der Waals surface area contributed by atoms with Gasteiger partial charge in [-0.25, -0.2) is 4.98 Å². The van der Waals surface area contributed by atoms with E-state index >= 15 is 0 Å². The summed E-state index contributed by atoms with van der Waals surface area (Å²) < 4.78 is 1.59. The fourth-order valence-electron chi connectivity index (χ4n) is 0.963. The minimum Gasteiger partial charge on any atom is -0.250 e. The number of halogens is 2. The van der Waals surface area contributed by atoms with Gasteiger partial charge in [-0.3, -0.25) is 4.68 Å². The summed E-state index contributed by atoms with van der Waals surface area (Å²) in [6, 6.07) is 0. The Labute approximate surface area is 78.1 Å². The molecule has 0 aliphatic carbocycles. The Balaban J connectivity index is 2.92. The first-order valence-corrected chi connectivity index (χ1v) is 3.95. The van der Waals surface area contributed by atoms with E-state index in [0.29, 0.717) is 16.2 Å². The first kappa shape index (κ1) is 7.76. The lowest BCUT2D eigenvalue weighted by molar-refractivity contribution is 0.785. The zero-order valence-corrected chi connectivity index (χ0v) is 7.63. The molecular weight excluding hydrogens is 199 g/mol. The normalized spacial score (nSPS) is 10.9. The molecule has 0 aromatic carbocycles. The average molecular weight is 203 g/mol. The van der Waals surface area contributed by atoms with E-state index < -0.39 is 0 Å². The molecule has 0 saturated carbocycles. The van der Waals surface area contributed by atoms with Gasteiger partial charge in [0, 0.05) is 7.05 Å². The smallest absolute Gasteiger partial charge is 0.225 e. The molecule has 0 aliphatic rings. The summed E-state index contributed by atoms with van der Waals surface area (Å²) in [5.41, 5.74) is 0.639. The Morgan fingerprint density at radius 2 is 2.08 bits per heavy atom. The lowest BCUT2D eigenvalue weighted by Gasteiger charge is -1.94. The third-order valence-electron chi connectivity index (χ3n) is 1.52. The summed E-state index contributed by atoms with van der Waals surface area (Å²) in [4.78, 5) is 7.75. The molecule has 62 valence electrons. The molecule has 2 rings (SSSR count). The lowest BCUT2D eigenvalue weighted by Crippen LogP contribution is -1.93. The molecule has 0 N–H and O–H groups in total. The van der Waals surface area contributed by atoms with Gasteiger partial charge in [0.05, 0.1) is 11.6 Å². The molecule has 2 aromatic rings. The van der Waals surface area contributed by atoms with Crippen molar-refractivity contribution in [1.82, 2.24) is 19.7 Å². The highest BCUT2D eigenvalue weighted by atomic mass is 35.5. The van der Waals surface area contributed by atoms with E-state index in [0.717, 1.165) is 0 Å². The van der Waals surface area contributed by atoms with Crippen LogP contribution in [0.1, 0.15) is 0 Å². The number of hydrogen-bond donors (Lipinski definition) is 0. The molecule has 0 aliphatic heterocycles. The largest absolute Gasteiger partial charge is 0.250 e. The van der Waals surface area contributed by atoms with E-state index in [9.17, 15) is 0 Å². The molecule has 4 nitrogen and oxygen atoms in total. The van der Waals surface area contributed by atoms with Gasteiger partial charge in [-0.1, -0.05) is 11.6 Å². The fourth-order valence-corrected chi connectivity index (χ4v) is 1.38. The number of aryl methyl sites for hydroxylation is 1. The predicted octanol–water partition coefficient (Wildman–Crippen LogP) is 1.67. The number of hydrogen-bond acceptors (Lipinski definition) is 3. The zero-order chi connectivity index (χ0) is 8.72. The van der Waals surface area contributed by atoms with Crippen molar-refractivity contribution in [2.24, 2.45) is 7.05 Å². The van der Waals surface area contributed by atoms with Gasteiger partial charge < -0.3 is 0 Å². The molecule has 0 bridgehead atoms. The maximum atomic E-state index is 5.79. The predicted molar refractivity (Wildman–Crippen MR) is 46.3 cm³/mol. The Morgan fingerprint density at radius 1 is 1.33 bits per heavy atom. The molecule has 6 heteroatoms. The molecule has 0 fully saturated rings. The van der Waals surface area contributed by atoms with Crippen molar-refractivity contribution < 1.29 is 0 Å². The van der Waals surface area contributed by atoms with Crippen LogP contribution in [0.25, 0.3) is 11.0 Å². The van der Waals surface area contributed by atoms with Crippen molar-refractivity contribution in [2.75, 3.05) is 0 Å². The maximum Gasteiger partial charge on any atom is 0.225 e. The highest BCUT2D eigenvalue weighted by Gasteiger charge is 2.07. The zero-order valence-electron chi connectivity index (χ0n) is 6.12. The summed E-state index contributed by atoms with van der Waals surface area (Å²) in [6.45, 7) is 0. The highest BCUT2D eigenvalue weighted by molar-refractivity contribution is 6.35. The second kappa shape index (κ2) is 2.57. The van der Waals surface area contributed by atoms with Crippen LogP contribution in [0.4, 0.5) is 0 Å². The van der Waals surface area contributed by atoms with Crippen LogP contribution in [0.3, 0.4) is 0 Å². The number of fused-ring (bicyclic) bond motifs is 1. The molecule has 0 spiro atoms. The Bertz CT molecular complexity index is 436. The van der Waals surface area contributed by atoms with Crippen LogP contribution in [0.2, 0.25) is 10.4 Å². The number of nitrogens with zero attached hydrogens (tertiary/aromatic N) is 4. The van der Waals surface area contributed by atoms with E-state index in [1.54, 1.807) is 17.9 Å². The van der Waals surface area contributed by atoms with E-state index in [4.69, 9.17) is 23.2 Å². The van der Waals surface area contributed by atoms with Crippen LogP contribution in [-0.2, 0) is 7.05 Å². The minimum atomic E-state index is 0.135. The molecule has 12 heavy (non-hydrogen) atoms. The molecule has 2 heterocycles. The standard InChI is InChI=1S/C6H4Cl2N4/c1-12-5-3(2-9-12)4(7)10-6(8)11-5/h2H,1H3. The molecule has 0 radical (unpaired) electrons. The second-order valence-electron chi connectivity index (χ2n) is 2.29. The van der Waals surface area contributed by atoms with Gasteiger partial charge in [-0.2, -0.15) is 10.1 Å². The van der Waals surface area contributed by atoms with Crippen LogP contribution in [0, 0.1) is 0 Å². The quantitative estimate of drug-likeness (QED) is 0.483. The van der Waals surface area contributed by atoms with Crippen molar-refractivity contribution in [3.63, 3.8) is 0 Å². The van der Waals surface area contributed by atoms with Gasteiger partial charge >= 0.3 is 0 Å². The summed E-state index contributed by atoms with van der Waals surface area (Å²) in [5, 5.41) is 5.15. The van der Waals surface area contributed by atoms with Crippen LogP contribution < -0.4 is 0 Å². The number of rotatable bonds is 0. The van der Waals surface area contributed by atoms with Crippen molar-refractivity contribution in [1.29, 1.82) is 0 Å². The molecule has 2 aromatic heterocycles. The first-order valence-electron chi connectivity index (χ1n) is 3.19. The van der Waals surface area contributed by atoms with E-state index in [2.05, 4.69) is 15.1 Å². The fraction of sp³-hybridized carbons (Fsp3) is 0.167. The van der Waals surface area contributed by atoms with Crippen LogP contribution in [-0.4, -0.2) is 19.7 Å². The van der Waals surface area contributed by atoms with E-state index in [1.807, 2.05) is 0 Å². The van der Waals surface area contributed by atoms with Crippen LogP contribution in [0.5, 0.6) is 0 Å². The van der Waals surface area contributed by atoms with E-state index in [1.165, 1.54) is 0 Å². The molecular formula is C6H4Cl2N4. The Kier molecular flexibility index (Phi) is 1.66. The molecule has 0 saturated heterocycles. The van der Waals surface area contributed by atoms with Gasteiger partial charge in [0.2, 0.25) is 5.28 Å². The highest BCUT2D eigenvalue weighted by Crippen LogP contribution is 2.20. The Morgan fingerprint density at radius 3 is 2.83 bits per heavy atom. The number of aromatic nitrogens is 4. The van der Waals surface area contributed by atoms with Crippen molar-refractivity contribution in [3.8, 4) is 0 Å². The van der Waals surface area contributed by atoms with Gasteiger partial charge in [0.15, 0.2) is 5.65 Å². The van der Waals surface area contributed by atoms with Crippen LogP contribution >= 0.6 is 23.2 Å². The summed E-state index contributed by atoms with van der Waals surface area (Å²) in [5.74, 6) is 0. The van der Waals surface area contributed by atoms with Crippen molar-refractivity contribution in [3.05, 3.63) is 16.6 Å². The third kappa shape index (κ3) is 1.04. The third-order valence-corrected chi connectivity index (χ3v) is 1.98. The van der Waals surface area contributed by atoms with Gasteiger partial charge in [-0.05, 0) is 11.6 Å². The summed E-state index contributed by atoms with van der Waals surface area (Å²) in [7, 11) is 1.77. The Hall–Kier alpha value is -0.870. The van der Waals surface area contributed by atoms with Gasteiger partial charge in [-0.15, -0.1) is 0 Å². The van der Waals surface area contributed by atoms with Crippen molar-refractivity contribution >= 4 is 34.2 Å². The van der Waals surface area contributed by atoms with Crippen molar-refractivity contribution in [2.45, 2.75) is 0 Å². The first-order chi connectivity index (χ1) is 5.68. The van der Waals surface area contributed by atoms with E-state index in [-0.39, 0.29) is 5.28 Å². The molecule has 0 amide bonds. The molecule has 0 unspecified atom stereocenters. The summed E-state index contributed by atoms with van der Waals surface area (Å²) >= 11 is 11.4. The second-order valence-corrected chi connectivity index (χ2v) is 2.98.